The van der Waals surface area contributed by atoms with Gasteiger partial charge in [0, 0.05) is 36.5 Å². The van der Waals surface area contributed by atoms with E-state index in [1.54, 1.807) is 35.6 Å². The van der Waals surface area contributed by atoms with Crippen LogP contribution in [0.3, 0.4) is 0 Å². The second-order valence-corrected chi connectivity index (χ2v) is 8.01. The number of rotatable bonds is 5. The zero-order valence-electron chi connectivity index (χ0n) is 15.3. The summed E-state index contributed by atoms with van der Waals surface area (Å²) in [7, 11) is 0. The van der Waals surface area contributed by atoms with Gasteiger partial charge < -0.3 is 15.4 Å². The topological polar surface area (TPSA) is 87.7 Å². The van der Waals surface area contributed by atoms with Crippen LogP contribution in [0.1, 0.15) is 33.6 Å². The van der Waals surface area contributed by atoms with E-state index in [4.69, 9.17) is 4.74 Å². The number of benzene rings is 1. The minimum atomic E-state index is -0.822. The van der Waals surface area contributed by atoms with E-state index in [-0.39, 0.29) is 24.4 Å². The Kier molecular flexibility index (Phi) is 5.15. The fourth-order valence-corrected chi connectivity index (χ4v) is 4.15. The van der Waals surface area contributed by atoms with Gasteiger partial charge in [0.1, 0.15) is 5.54 Å². The second kappa shape index (κ2) is 7.73. The van der Waals surface area contributed by atoms with E-state index in [0.29, 0.717) is 38.2 Å². The molecule has 4 amide bonds. The molecule has 7 nitrogen and oxygen atoms in total. The van der Waals surface area contributed by atoms with Crippen LogP contribution in [0, 0.1) is 0 Å². The molecule has 0 bridgehead atoms. The highest BCUT2D eigenvalue weighted by Gasteiger charge is 2.51. The van der Waals surface area contributed by atoms with Crippen LogP contribution in [-0.2, 0) is 22.6 Å². The highest BCUT2D eigenvalue weighted by molar-refractivity contribution is 7.09. The van der Waals surface area contributed by atoms with Gasteiger partial charge >= 0.3 is 6.03 Å². The third kappa shape index (κ3) is 3.65. The molecule has 8 heteroatoms. The lowest BCUT2D eigenvalue weighted by molar-refractivity contribution is -0.134. The number of hydrogen-bond donors (Lipinski definition) is 2. The Morgan fingerprint density at radius 1 is 1.18 bits per heavy atom. The number of ether oxygens (including phenoxy) is 1. The molecule has 2 fully saturated rings. The largest absolute Gasteiger partial charge is 0.381 e. The van der Waals surface area contributed by atoms with Crippen LogP contribution in [0.4, 0.5) is 4.79 Å². The SMILES string of the molecule is O=C(NCc1cccs1)c1ccc(CN2C(=O)NC3(CCOCC3)C2=O)cc1. The number of nitrogens with one attached hydrogen (secondary N) is 2. The maximum atomic E-state index is 12.8. The Balaban J connectivity index is 1.38. The summed E-state index contributed by atoms with van der Waals surface area (Å²) in [6.45, 7) is 1.61. The van der Waals surface area contributed by atoms with E-state index >= 15 is 0 Å². The van der Waals surface area contributed by atoms with E-state index in [1.165, 1.54) is 4.90 Å². The van der Waals surface area contributed by atoms with Crippen LogP contribution in [0.2, 0.25) is 0 Å². The molecular formula is C20H21N3O4S. The molecule has 2 aliphatic rings. The Morgan fingerprint density at radius 3 is 2.61 bits per heavy atom. The van der Waals surface area contributed by atoms with Gasteiger partial charge in [0.05, 0.1) is 13.1 Å². The molecule has 4 rings (SSSR count). The van der Waals surface area contributed by atoms with Crippen molar-refractivity contribution in [3.8, 4) is 0 Å². The maximum absolute atomic E-state index is 12.8. The average Bonchev–Trinajstić information content (AvgIpc) is 3.31. The first-order chi connectivity index (χ1) is 13.6. The molecule has 1 aromatic carbocycles. The van der Waals surface area contributed by atoms with E-state index in [0.717, 1.165) is 10.4 Å². The highest BCUT2D eigenvalue weighted by Crippen LogP contribution is 2.29. The van der Waals surface area contributed by atoms with E-state index in [2.05, 4.69) is 10.6 Å². The van der Waals surface area contributed by atoms with E-state index in [1.807, 2.05) is 17.5 Å². The van der Waals surface area contributed by atoms with Gasteiger partial charge in [-0.05, 0) is 29.1 Å². The lowest BCUT2D eigenvalue weighted by atomic mass is 9.90. The van der Waals surface area contributed by atoms with Gasteiger partial charge in [-0.25, -0.2) is 4.79 Å². The van der Waals surface area contributed by atoms with Crippen molar-refractivity contribution in [1.82, 2.24) is 15.5 Å². The van der Waals surface area contributed by atoms with Crippen LogP contribution in [0.15, 0.2) is 41.8 Å². The van der Waals surface area contributed by atoms with Crippen LogP contribution >= 0.6 is 11.3 Å². The molecule has 1 aromatic heterocycles. The minimum absolute atomic E-state index is 0.156. The summed E-state index contributed by atoms with van der Waals surface area (Å²) >= 11 is 1.59. The van der Waals surface area contributed by atoms with Crippen molar-refractivity contribution in [3.05, 3.63) is 57.8 Å². The van der Waals surface area contributed by atoms with E-state index in [9.17, 15) is 14.4 Å². The molecule has 2 aliphatic heterocycles. The molecule has 0 saturated carbocycles. The molecule has 28 heavy (non-hydrogen) atoms. The van der Waals surface area contributed by atoms with Crippen LogP contribution < -0.4 is 10.6 Å². The highest BCUT2D eigenvalue weighted by atomic mass is 32.1. The minimum Gasteiger partial charge on any atom is -0.381 e. The van der Waals surface area contributed by atoms with Crippen molar-refractivity contribution >= 4 is 29.2 Å². The number of carbonyl (C=O) groups excluding carboxylic acids is 3. The van der Waals surface area contributed by atoms with Crippen molar-refractivity contribution in [2.75, 3.05) is 13.2 Å². The van der Waals surface area contributed by atoms with Gasteiger partial charge in [-0.3, -0.25) is 14.5 Å². The van der Waals surface area contributed by atoms with Gasteiger partial charge in [0.15, 0.2) is 0 Å². The molecule has 0 aliphatic carbocycles. The summed E-state index contributed by atoms with van der Waals surface area (Å²) in [5, 5.41) is 7.69. The van der Waals surface area contributed by atoms with Crippen molar-refractivity contribution in [3.63, 3.8) is 0 Å². The van der Waals surface area contributed by atoms with Crippen molar-refractivity contribution in [1.29, 1.82) is 0 Å². The first-order valence-corrected chi connectivity index (χ1v) is 10.1. The molecule has 0 radical (unpaired) electrons. The van der Waals surface area contributed by atoms with Gasteiger partial charge in [0.25, 0.3) is 11.8 Å². The van der Waals surface area contributed by atoms with Crippen molar-refractivity contribution in [2.24, 2.45) is 0 Å². The molecular weight excluding hydrogens is 378 g/mol. The number of imide groups is 1. The maximum Gasteiger partial charge on any atom is 0.325 e. The molecule has 2 saturated heterocycles. The number of hydrogen-bond acceptors (Lipinski definition) is 5. The average molecular weight is 399 g/mol. The molecule has 2 N–H and O–H groups in total. The molecule has 0 atom stereocenters. The lowest BCUT2D eigenvalue weighted by Gasteiger charge is -2.30. The van der Waals surface area contributed by atoms with Crippen LogP contribution in [0.25, 0.3) is 0 Å². The summed E-state index contributed by atoms with van der Waals surface area (Å²) in [6, 6.07) is 10.5. The number of thiophene rings is 1. The summed E-state index contributed by atoms with van der Waals surface area (Å²) in [6.07, 6.45) is 0.995. The zero-order valence-corrected chi connectivity index (χ0v) is 16.1. The predicted octanol–water partition coefficient (Wildman–Crippen LogP) is 2.28. The predicted molar refractivity (Wildman–Crippen MR) is 104 cm³/mol. The van der Waals surface area contributed by atoms with Gasteiger partial charge in [-0.1, -0.05) is 18.2 Å². The number of amides is 4. The third-order valence-electron chi connectivity index (χ3n) is 5.15. The zero-order chi connectivity index (χ0) is 19.6. The Hall–Kier alpha value is -2.71. The fourth-order valence-electron chi connectivity index (χ4n) is 3.51. The normalized spacial score (nSPS) is 18.4. The summed E-state index contributed by atoms with van der Waals surface area (Å²) in [5.74, 6) is -0.352. The smallest absolute Gasteiger partial charge is 0.325 e. The number of urea groups is 1. The third-order valence-corrected chi connectivity index (χ3v) is 6.03. The molecule has 2 aromatic rings. The van der Waals surface area contributed by atoms with Crippen molar-refractivity contribution in [2.45, 2.75) is 31.5 Å². The lowest BCUT2D eigenvalue weighted by Crippen LogP contribution is -2.51. The first kappa shape index (κ1) is 18.6. The molecule has 0 unspecified atom stereocenters. The number of carbonyl (C=O) groups is 3. The Bertz CT molecular complexity index is 873. The van der Waals surface area contributed by atoms with Crippen LogP contribution in [0.5, 0.6) is 0 Å². The first-order valence-electron chi connectivity index (χ1n) is 9.19. The van der Waals surface area contributed by atoms with E-state index < -0.39 is 5.54 Å². The van der Waals surface area contributed by atoms with Gasteiger partial charge in [-0.2, -0.15) is 0 Å². The molecule has 146 valence electrons. The Morgan fingerprint density at radius 2 is 1.93 bits per heavy atom. The second-order valence-electron chi connectivity index (χ2n) is 6.97. The summed E-state index contributed by atoms with van der Waals surface area (Å²) < 4.78 is 5.31. The van der Waals surface area contributed by atoms with Crippen LogP contribution in [-0.4, -0.2) is 41.5 Å². The van der Waals surface area contributed by atoms with Gasteiger partial charge in [-0.15, -0.1) is 11.3 Å². The summed E-state index contributed by atoms with van der Waals surface area (Å²) in [5.41, 5.74) is 0.512. The van der Waals surface area contributed by atoms with Crippen molar-refractivity contribution < 1.29 is 19.1 Å². The molecule has 1 spiro atoms. The monoisotopic (exact) mass is 399 g/mol. The standard InChI is InChI=1S/C20H21N3O4S/c24-17(21-12-16-2-1-11-28-16)15-5-3-14(4-6-15)13-23-18(25)20(22-19(23)26)7-9-27-10-8-20/h1-6,11H,7-10,12-13H2,(H,21,24)(H,22,26). The quantitative estimate of drug-likeness (QED) is 0.755. The Labute approximate surface area is 166 Å². The van der Waals surface area contributed by atoms with Gasteiger partial charge in [0.2, 0.25) is 0 Å². The molecule has 3 heterocycles. The number of nitrogens with zero attached hydrogens (tertiary/aromatic N) is 1. The fraction of sp³-hybridized carbons (Fsp3) is 0.350. The summed E-state index contributed by atoms with van der Waals surface area (Å²) in [4.78, 5) is 39.7.